The van der Waals surface area contributed by atoms with Crippen molar-refractivity contribution in [2.75, 3.05) is 0 Å². The second-order valence-electron chi connectivity index (χ2n) is 14.4. The Hall–Kier alpha value is -6.43. The molecule has 11 rings (SSSR count). The molecule has 1 aliphatic carbocycles. The fourth-order valence-corrected chi connectivity index (χ4v) is 9.46. The Balaban J connectivity index is 1.10. The van der Waals surface area contributed by atoms with Crippen molar-refractivity contribution in [3.8, 4) is 56.4 Å². The molecule has 0 spiro atoms. The summed E-state index contributed by atoms with van der Waals surface area (Å²) in [5.74, 6) is 1.91. The smallest absolute Gasteiger partial charge is 0.165 e. The maximum absolute atomic E-state index is 6.46. The Morgan fingerprint density at radius 3 is 2.00 bits per heavy atom. The van der Waals surface area contributed by atoms with Crippen LogP contribution in [-0.2, 0) is 5.41 Å². The molecule has 4 nitrogen and oxygen atoms in total. The maximum Gasteiger partial charge on any atom is 0.165 e. The molecule has 3 aromatic heterocycles. The molecule has 0 unspecified atom stereocenters. The normalized spacial score (nSPS) is 13.2. The van der Waals surface area contributed by atoms with E-state index < -0.39 is 0 Å². The molecule has 0 amide bonds. The highest BCUT2D eigenvalue weighted by molar-refractivity contribution is 7.26. The minimum Gasteiger partial charge on any atom is -0.456 e. The van der Waals surface area contributed by atoms with Gasteiger partial charge in [0.25, 0.3) is 0 Å². The first-order valence-electron chi connectivity index (χ1n) is 17.9. The zero-order chi connectivity index (χ0) is 35.3. The molecule has 7 aromatic carbocycles. The van der Waals surface area contributed by atoms with E-state index in [1.165, 1.54) is 48.0 Å². The van der Waals surface area contributed by atoms with Gasteiger partial charge in [-0.15, -0.1) is 11.3 Å². The van der Waals surface area contributed by atoms with Gasteiger partial charge in [-0.25, -0.2) is 15.0 Å². The summed E-state index contributed by atoms with van der Waals surface area (Å²) >= 11 is 1.78. The Morgan fingerprint density at radius 2 is 1.11 bits per heavy atom. The standard InChI is InChI=1S/C48H31N3OS/c1-48(2)39-17-8-6-13-32(39)33-22-19-30(26-40(33)48)45-49-46(51-47(50-45)37-16-10-15-36-35-14-7-9-18-43(35)53-44(36)37)31-20-23-34-38-25-29(28-11-4-3-5-12-28)21-24-41(38)52-42(34)27-31/h3-27H,1-2H3. The van der Waals surface area contributed by atoms with Crippen LogP contribution in [0, 0.1) is 0 Å². The van der Waals surface area contributed by atoms with E-state index in [2.05, 4.69) is 159 Å². The molecule has 5 heteroatoms. The second-order valence-corrected chi connectivity index (χ2v) is 15.5. The highest BCUT2D eigenvalue weighted by Gasteiger charge is 2.35. The van der Waals surface area contributed by atoms with Gasteiger partial charge in [-0.2, -0.15) is 0 Å². The van der Waals surface area contributed by atoms with E-state index in [0.717, 1.165) is 44.2 Å². The summed E-state index contributed by atoms with van der Waals surface area (Å²) in [5, 5.41) is 4.60. The molecule has 10 aromatic rings. The molecular formula is C48H31N3OS. The number of fused-ring (bicyclic) bond motifs is 9. The zero-order valence-corrected chi connectivity index (χ0v) is 29.9. The summed E-state index contributed by atoms with van der Waals surface area (Å²) in [5.41, 5.74) is 11.9. The Kier molecular flexibility index (Phi) is 6.43. The molecule has 0 bridgehead atoms. The second kappa shape index (κ2) is 11.3. The highest BCUT2D eigenvalue weighted by atomic mass is 32.1. The molecule has 0 saturated heterocycles. The summed E-state index contributed by atoms with van der Waals surface area (Å²) < 4.78 is 8.88. The van der Waals surface area contributed by atoms with Crippen molar-refractivity contribution in [1.82, 2.24) is 15.0 Å². The van der Waals surface area contributed by atoms with E-state index in [4.69, 9.17) is 19.4 Å². The van der Waals surface area contributed by atoms with E-state index in [9.17, 15) is 0 Å². The Morgan fingerprint density at radius 1 is 0.434 bits per heavy atom. The van der Waals surface area contributed by atoms with Gasteiger partial charge in [-0.1, -0.05) is 123 Å². The number of nitrogens with zero attached hydrogens (tertiary/aromatic N) is 3. The molecule has 1 aliphatic rings. The maximum atomic E-state index is 6.46. The lowest BCUT2D eigenvalue weighted by atomic mass is 9.82. The molecule has 0 fully saturated rings. The molecular weight excluding hydrogens is 667 g/mol. The third kappa shape index (κ3) is 4.64. The molecule has 3 heterocycles. The van der Waals surface area contributed by atoms with Crippen molar-refractivity contribution in [3.05, 3.63) is 163 Å². The van der Waals surface area contributed by atoms with Crippen LogP contribution in [0.5, 0.6) is 0 Å². The fraction of sp³-hybridized carbons (Fsp3) is 0.0625. The number of benzene rings is 7. The van der Waals surface area contributed by atoms with E-state index in [-0.39, 0.29) is 5.41 Å². The van der Waals surface area contributed by atoms with E-state index in [1.54, 1.807) is 11.3 Å². The summed E-state index contributed by atoms with van der Waals surface area (Å²) in [6.07, 6.45) is 0. The van der Waals surface area contributed by atoms with Gasteiger partial charge in [-0.05, 0) is 75.8 Å². The number of furan rings is 1. The molecule has 0 radical (unpaired) electrons. The monoisotopic (exact) mass is 697 g/mol. The first-order chi connectivity index (χ1) is 26.0. The number of hydrogen-bond donors (Lipinski definition) is 0. The van der Waals surface area contributed by atoms with Gasteiger partial charge in [0.2, 0.25) is 0 Å². The fourth-order valence-electron chi connectivity index (χ4n) is 8.25. The predicted molar refractivity (Wildman–Crippen MR) is 219 cm³/mol. The lowest BCUT2D eigenvalue weighted by Crippen LogP contribution is -2.15. The van der Waals surface area contributed by atoms with E-state index in [1.807, 2.05) is 6.07 Å². The summed E-state index contributed by atoms with van der Waals surface area (Å²) in [6, 6.07) is 53.6. The summed E-state index contributed by atoms with van der Waals surface area (Å²) in [7, 11) is 0. The first kappa shape index (κ1) is 30.2. The minimum absolute atomic E-state index is 0.143. The van der Waals surface area contributed by atoms with Crippen LogP contribution >= 0.6 is 11.3 Å². The largest absolute Gasteiger partial charge is 0.456 e. The average Bonchev–Trinajstić information content (AvgIpc) is 3.85. The first-order valence-corrected chi connectivity index (χ1v) is 18.7. The van der Waals surface area contributed by atoms with Crippen molar-refractivity contribution in [2.45, 2.75) is 19.3 Å². The lowest BCUT2D eigenvalue weighted by Gasteiger charge is -2.21. The quantitative estimate of drug-likeness (QED) is 0.184. The Labute approximate surface area is 310 Å². The van der Waals surface area contributed by atoms with Crippen LogP contribution in [0.3, 0.4) is 0 Å². The van der Waals surface area contributed by atoms with Crippen molar-refractivity contribution in [2.24, 2.45) is 0 Å². The third-order valence-electron chi connectivity index (χ3n) is 11.0. The van der Waals surface area contributed by atoms with E-state index >= 15 is 0 Å². The van der Waals surface area contributed by atoms with Crippen molar-refractivity contribution in [1.29, 1.82) is 0 Å². The van der Waals surface area contributed by atoms with Gasteiger partial charge in [0.05, 0.1) is 0 Å². The number of thiophene rings is 1. The zero-order valence-electron chi connectivity index (χ0n) is 29.1. The number of hydrogen-bond acceptors (Lipinski definition) is 5. The molecule has 250 valence electrons. The minimum atomic E-state index is -0.143. The van der Waals surface area contributed by atoms with Gasteiger partial charge < -0.3 is 4.42 Å². The van der Waals surface area contributed by atoms with Crippen LogP contribution in [0.2, 0.25) is 0 Å². The van der Waals surface area contributed by atoms with Gasteiger partial charge >= 0.3 is 0 Å². The number of aromatic nitrogens is 3. The molecule has 0 saturated carbocycles. The van der Waals surface area contributed by atoms with Crippen LogP contribution in [0.15, 0.2) is 156 Å². The third-order valence-corrected chi connectivity index (χ3v) is 12.2. The Bertz CT molecular complexity index is 3100. The molecule has 0 aliphatic heterocycles. The highest BCUT2D eigenvalue weighted by Crippen LogP contribution is 2.49. The van der Waals surface area contributed by atoms with E-state index in [0.29, 0.717) is 17.5 Å². The van der Waals surface area contributed by atoms with Gasteiger partial charge in [-0.3, -0.25) is 0 Å². The SMILES string of the molecule is CC1(C)c2ccccc2-c2ccc(-c3nc(-c4ccc5c(c4)oc4ccc(-c6ccccc6)cc45)nc(-c4cccc5c4sc4ccccc45)n3)cc21. The lowest BCUT2D eigenvalue weighted by molar-refractivity contribution is 0.660. The molecule has 0 N–H and O–H groups in total. The van der Waals surface area contributed by atoms with Gasteiger partial charge in [0, 0.05) is 53.1 Å². The van der Waals surface area contributed by atoms with Crippen molar-refractivity contribution in [3.63, 3.8) is 0 Å². The summed E-state index contributed by atoms with van der Waals surface area (Å²) in [4.78, 5) is 15.6. The topological polar surface area (TPSA) is 51.8 Å². The van der Waals surface area contributed by atoms with Gasteiger partial charge in [0.1, 0.15) is 11.2 Å². The number of rotatable bonds is 4. The van der Waals surface area contributed by atoms with Crippen molar-refractivity contribution >= 4 is 53.4 Å². The van der Waals surface area contributed by atoms with Gasteiger partial charge in [0.15, 0.2) is 17.5 Å². The van der Waals surface area contributed by atoms with Crippen LogP contribution < -0.4 is 0 Å². The predicted octanol–water partition coefficient (Wildman–Crippen LogP) is 13.1. The molecule has 0 atom stereocenters. The van der Waals surface area contributed by atoms with Crippen LogP contribution in [0.4, 0.5) is 0 Å². The average molecular weight is 698 g/mol. The van der Waals surface area contributed by atoms with Crippen LogP contribution in [-0.4, -0.2) is 15.0 Å². The van der Waals surface area contributed by atoms with Crippen molar-refractivity contribution < 1.29 is 4.42 Å². The van der Waals surface area contributed by atoms with Crippen LogP contribution in [0.25, 0.3) is 98.5 Å². The summed E-state index contributed by atoms with van der Waals surface area (Å²) in [6.45, 7) is 4.61. The van der Waals surface area contributed by atoms with Crippen LogP contribution in [0.1, 0.15) is 25.0 Å². The molecule has 53 heavy (non-hydrogen) atoms.